The topological polar surface area (TPSA) is 20.2 Å². The van der Waals surface area contributed by atoms with Gasteiger partial charge in [0, 0.05) is 14.8 Å². The molecule has 0 aromatic heterocycles. The third-order valence-corrected chi connectivity index (χ3v) is 3.68. The molecule has 2 rings (SSSR count). The molecule has 0 amide bonds. The zero-order valence-corrected chi connectivity index (χ0v) is 11.0. The molecule has 0 heterocycles. The van der Waals surface area contributed by atoms with Gasteiger partial charge in [0.25, 0.3) is 0 Å². The van der Waals surface area contributed by atoms with Crippen LogP contribution in [-0.2, 0) is 0 Å². The summed E-state index contributed by atoms with van der Waals surface area (Å²) in [7, 11) is 0. The minimum absolute atomic E-state index is 0.412. The van der Waals surface area contributed by atoms with Crippen molar-refractivity contribution in [2.24, 2.45) is 0 Å². The zero-order valence-electron chi connectivity index (χ0n) is 9.43. The lowest BCUT2D eigenvalue weighted by atomic mass is 10.1. The van der Waals surface area contributed by atoms with Crippen molar-refractivity contribution in [2.45, 2.75) is 22.8 Å². The summed E-state index contributed by atoms with van der Waals surface area (Å²) < 4.78 is 0. The van der Waals surface area contributed by atoms with Crippen LogP contribution in [-0.4, -0.2) is 5.11 Å². The fraction of sp³-hybridized carbons (Fsp3) is 0.143. The molecular weight excluding hydrogens is 252 g/mol. The molecule has 1 N–H and O–H groups in total. The van der Waals surface area contributed by atoms with E-state index in [2.05, 4.69) is 0 Å². The number of rotatable bonds is 3. The van der Waals surface area contributed by atoms with Crippen molar-refractivity contribution in [1.29, 1.82) is 0 Å². The number of aliphatic hydroxyl groups excluding tert-OH is 1. The summed E-state index contributed by atoms with van der Waals surface area (Å²) in [6.07, 6.45) is -0.412. The minimum atomic E-state index is -0.412. The second-order valence-corrected chi connectivity index (χ2v) is 5.38. The summed E-state index contributed by atoms with van der Waals surface area (Å²) in [5.41, 5.74) is 0.936. The third-order valence-electron chi connectivity index (χ3n) is 2.41. The average Bonchev–Trinajstić information content (AvgIpc) is 2.33. The predicted octanol–water partition coefficient (Wildman–Crippen LogP) is 4.54. The van der Waals surface area contributed by atoms with Crippen LogP contribution in [0, 0.1) is 0 Å². The highest BCUT2D eigenvalue weighted by molar-refractivity contribution is 7.99. The largest absolute Gasteiger partial charge is 0.389 e. The standard InChI is InChI=1S/C14H13ClOS/c1-10(16)11-2-6-13(7-3-11)17-14-8-4-12(15)5-9-14/h2-10,16H,1H3/t10-/m0/s1. The van der Waals surface area contributed by atoms with E-state index in [-0.39, 0.29) is 0 Å². The first-order valence-electron chi connectivity index (χ1n) is 5.36. The Kier molecular flexibility index (Phi) is 4.11. The van der Waals surface area contributed by atoms with Crippen molar-refractivity contribution in [2.75, 3.05) is 0 Å². The van der Waals surface area contributed by atoms with Gasteiger partial charge in [-0.15, -0.1) is 0 Å². The Morgan fingerprint density at radius 3 is 1.88 bits per heavy atom. The number of aliphatic hydroxyl groups is 1. The lowest BCUT2D eigenvalue weighted by Crippen LogP contribution is -1.89. The molecule has 2 aromatic rings. The highest BCUT2D eigenvalue weighted by atomic mass is 35.5. The maximum absolute atomic E-state index is 9.41. The van der Waals surface area contributed by atoms with E-state index in [4.69, 9.17) is 11.6 Å². The van der Waals surface area contributed by atoms with Crippen LogP contribution in [0.2, 0.25) is 5.02 Å². The molecule has 1 nitrogen and oxygen atoms in total. The number of hydrogen-bond acceptors (Lipinski definition) is 2. The molecule has 0 aliphatic heterocycles. The Hall–Kier alpha value is -0.960. The normalized spacial score (nSPS) is 12.4. The van der Waals surface area contributed by atoms with Gasteiger partial charge in [-0.3, -0.25) is 0 Å². The molecule has 0 bridgehead atoms. The maximum atomic E-state index is 9.41. The van der Waals surface area contributed by atoms with Gasteiger partial charge in [-0.1, -0.05) is 35.5 Å². The van der Waals surface area contributed by atoms with Gasteiger partial charge in [0.15, 0.2) is 0 Å². The van der Waals surface area contributed by atoms with Gasteiger partial charge in [0.05, 0.1) is 6.10 Å². The van der Waals surface area contributed by atoms with Gasteiger partial charge >= 0.3 is 0 Å². The molecule has 0 saturated heterocycles. The van der Waals surface area contributed by atoms with Crippen LogP contribution in [0.15, 0.2) is 58.3 Å². The van der Waals surface area contributed by atoms with E-state index in [1.165, 1.54) is 0 Å². The van der Waals surface area contributed by atoms with Crippen LogP contribution in [0.25, 0.3) is 0 Å². The number of hydrogen-bond donors (Lipinski definition) is 1. The van der Waals surface area contributed by atoms with E-state index in [0.717, 1.165) is 20.4 Å². The van der Waals surface area contributed by atoms with Gasteiger partial charge in [-0.25, -0.2) is 0 Å². The summed E-state index contributed by atoms with van der Waals surface area (Å²) >= 11 is 7.51. The van der Waals surface area contributed by atoms with Crippen LogP contribution in [0.1, 0.15) is 18.6 Å². The van der Waals surface area contributed by atoms with E-state index in [9.17, 15) is 5.11 Å². The van der Waals surface area contributed by atoms with Crippen LogP contribution in [0.3, 0.4) is 0 Å². The first kappa shape index (κ1) is 12.5. The summed E-state index contributed by atoms with van der Waals surface area (Å²) in [6, 6.07) is 15.7. The van der Waals surface area contributed by atoms with Crippen molar-refractivity contribution >= 4 is 23.4 Å². The average molecular weight is 265 g/mol. The summed E-state index contributed by atoms with van der Waals surface area (Å²) in [5.74, 6) is 0. The van der Waals surface area contributed by atoms with Gasteiger partial charge in [0.2, 0.25) is 0 Å². The third kappa shape index (κ3) is 3.50. The molecule has 3 heteroatoms. The lowest BCUT2D eigenvalue weighted by molar-refractivity contribution is 0.199. The van der Waals surface area contributed by atoms with E-state index in [1.54, 1.807) is 18.7 Å². The SMILES string of the molecule is C[C@H](O)c1ccc(Sc2ccc(Cl)cc2)cc1. The first-order valence-corrected chi connectivity index (χ1v) is 6.56. The maximum Gasteiger partial charge on any atom is 0.0761 e. The smallest absolute Gasteiger partial charge is 0.0761 e. The molecule has 0 fully saturated rings. The van der Waals surface area contributed by atoms with E-state index >= 15 is 0 Å². The van der Waals surface area contributed by atoms with Gasteiger partial charge in [0.1, 0.15) is 0 Å². The summed E-state index contributed by atoms with van der Waals surface area (Å²) in [6.45, 7) is 1.77. The Morgan fingerprint density at radius 1 is 0.941 bits per heavy atom. The minimum Gasteiger partial charge on any atom is -0.389 e. The Balaban J connectivity index is 2.11. The predicted molar refractivity (Wildman–Crippen MR) is 72.7 cm³/mol. The van der Waals surface area contributed by atoms with Crippen LogP contribution < -0.4 is 0 Å². The number of benzene rings is 2. The molecule has 88 valence electrons. The fourth-order valence-corrected chi connectivity index (χ4v) is 2.40. The molecule has 17 heavy (non-hydrogen) atoms. The first-order chi connectivity index (χ1) is 8.15. The summed E-state index contributed by atoms with van der Waals surface area (Å²) in [5, 5.41) is 10.2. The lowest BCUT2D eigenvalue weighted by Gasteiger charge is -2.06. The van der Waals surface area contributed by atoms with Crippen molar-refractivity contribution in [3.63, 3.8) is 0 Å². The fourth-order valence-electron chi connectivity index (χ4n) is 1.45. The van der Waals surface area contributed by atoms with E-state index in [0.29, 0.717) is 0 Å². The summed E-state index contributed by atoms with van der Waals surface area (Å²) in [4.78, 5) is 2.30. The highest BCUT2D eigenvalue weighted by Crippen LogP contribution is 2.29. The quantitative estimate of drug-likeness (QED) is 0.878. The van der Waals surface area contributed by atoms with Crippen LogP contribution in [0.4, 0.5) is 0 Å². The van der Waals surface area contributed by atoms with Gasteiger partial charge in [-0.05, 0) is 48.9 Å². The molecule has 0 spiro atoms. The van der Waals surface area contributed by atoms with Crippen molar-refractivity contribution in [1.82, 2.24) is 0 Å². The molecule has 0 aliphatic rings. The van der Waals surface area contributed by atoms with Crippen LogP contribution in [0.5, 0.6) is 0 Å². The Morgan fingerprint density at radius 2 is 1.41 bits per heavy atom. The Bertz CT molecular complexity index is 477. The van der Waals surface area contributed by atoms with E-state index in [1.807, 2.05) is 48.5 Å². The Labute approximate surface area is 110 Å². The molecule has 2 aromatic carbocycles. The van der Waals surface area contributed by atoms with Crippen molar-refractivity contribution in [3.8, 4) is 0 Å². The molecule has 0 aliphatic carbocycles. The van der Waals surface area contributed by atoms with Crippen molar-refractivity contribution < 1.29 is 5.11 Å². The molecule has 0 radical (unpaired) electrons. The van der Waals surface area contributed by atoms with Crippen LogP contribution >= 0.6 is 23.4 Å². The van der Waals surface area contributed by atoms with Crippen molar-refractivity contribution in [3.05, 3.63) is 59.1 Å². The van der Waals surface area contributed by atoms with E-state index < -0.39 is 6.10 Å². The molecule has 0 saturated carbocycles. The second-order valence-electron chi connectivity index (χ2n) is 3.80. The zero-order chi connectivity index (χ0) is 12.3. The molecular formula is C14H13ClOS. The molecule has 0 unspecified atom stereocenters. The van der Waals surface area contributed by atoms with Gasteiger partial charge < -0.3 is 5.11 Å². The molecule has 1 atom stereocenters. The van der Waals surface area contributed by atoms with Gasteiger partial charge in [-0.2, -0.15) is 0 Å². The second kappa shape index (κ2) is 5.58. The number of halogens is 1. The highest BCUT2D eigenvalue weighted by Gasteiger charge is 2.01. The monoisotopic (exact) mass is 264 g/mol.